The quantitative estimate of drug-likeness (QED) is 0.284. The van der Waals surface area contributed by atoms with Crippen LogP contribution in [0.3, 0.4) is 0 Å². The molecule has 0 radical (unpaired) electrons. The van der Waals surface area contributed by atoms with Crippen molar-refractivity contribution in [1.29, 1.82) is 0 Å². The highest BCUT2D eigenvalue weighted by molar-refractivity contribution is 6.75. The summed E-state index contributed by atoms with van der Waals surface area (Å²) in [6.45, 7) is 4.66. The molecule has 4 nitrogen and oxygen atoms in total. The average molecular weight is 476 g/mol. The van der Waals surface area contributed by atoms with E-state index < -0.39 is 6.69 Å². The van der Waals surface area contributed by atoms with E-state index in [9.17, 15) is 0 Å². The van der Waals surface area contributed by atoms with Gasteiger partial charge < -0.3 is 18.7 Å². The molecule has 4 aromatic rings. The summed E-state index contributed by atoms with van der Waals surface area (Å²) in [5, 5.41) is 0. The van der Waals surface area contributed by atoms with E-state index in [1.165, 1.54) is 31.4 Å². The number of hydrogen-bond donors (Lipinski definition) is 0. The van der Waals surface area contributed by atoms with Crippen molar-refractivity contribution in [3.8, 4) is 34.0 Å². The first-order chi connectivity index (χ1) is 17.7. The minimum absolute atomic E-state index is 0.852. The van der Waals surface area contributed by atoms with Crippen LogP contribution in [0.15, 0.2) is 91.0 Å². The van der Waals surface area contributed by atoms with Crippen LogP contribution in [0.1, 0.15) is 39.5 Å². The Morgan fingerprint density at radius 2 is 1.17 bits per heavy atom. The number of anilines is 1. The highest BCUT2D eigenvalue weighted by Crippen LogP contribution is 2.41. The summed E-state index contributed by atoms with van der Waals surface area (Å²) < 4.78 is 16.1. The van der Waals surface area contributed by atoms with Crippen LogP contribution in [-0.4, -0.2) is 19.8 Å². The maximum Gasteiger partial charge on any atom is 0.685 e. The minimum Gasteiger partial charge on any atom is -0.618 e. The zero-order valence-electron chi connectivity index (χ0n) is 21.2. The third-order valence-corrected chi connectivity index (χ3v) is 7.51. The zero-order valence-corrected chi connectivity index (χ0v) is 21.2. The first-order valence-corrected chi connectivity index (χ1v) is 13.4. The van der Waals surface area contributed by atoms with E-state index in [-0.39, 0.29) is 0 Å². The van der Waals surface area contributed by atoms with Crippen LogP contribution >= 0.6 is 0 Å². The number of pyridine rings is 1. The van der Waals surface area contributed by atoms with Crippen molar-refractivity contribution < 1.29 is 13.8 Å². The summed E-state index contributed by atoms with van der Waals surface area (Å²) in [6, 6.07) is 31.9. The lowest BCUT2D eigenvalue weighted by Gasteiger charge is -2.44. The molecule has 2 aliphatic heterocycles. The van der Waals surface area contributed by atoms with Gasteiger partial charge in [0.1, 0.15) is 0 Å². The van der Waals surface area contributed by atoms with Crippen molar-refractivity contribution in [1.82, 2.24) is 0 Å². The molecule has 3 aromatic carbocycles. The van der Waals surface area contributed by atoms with Crippen LogP contribution in [0, 0.1) is 0 Å². The van der Waals surface area contributed by atoms with Crippen LogP contribution < -0.4 is 24.1 Å². The largest absolute Gasteiger partial charge is 0.685 e. The van der Waals surface area contributed by atoms with Gasteiger partial charge in [-0.2, -0.15) is 0 Å². The number of para-hydroxylation sites is 2. The predicted molar refractivity (Wildman–Crippen MR) is 148 cm³/mol. The van der Waals surface area contributed by atoms with Crippen LogP contribution in [0.4, 0.5) is 5.69 Å². The summed E-state index contributed by atoms with van der Waals surface area (Å²) in [4.78, 5) is 2.52. The molecule has 0 N–H and O–H groups in total. The lowest BCUT2D eigenvalue weighted by atomic mass is 9.59. The van der Waals surface area contributed by atoms with Gasteiger partial charge >= 0.3 is 6.69 Å². The molecule has 2 aliphatic rings. The summed E-state index contributed by atoms with van der Waals surface area (Å²) in [5.41, 5.74) is 6.69. The van der Waals surface area contributed by atoms with Crippen molar-refractivity contribution in [2.24, 2.45) is 0 Å². The summed E-state index contributed by atoms with van der Waals surface area (Å²) in [6.07, 6.45) is 4.80. The highest BCUT2D eigenvalue weighted by Gasteiger charge is 2.56. The molecule has 3 heterocycles. The minimum atomic E-state index is -2.02. The molecule has 1 aromatic heterocycles. The van der Waals surface area contributed by atoms with Crippen molar-refractivity contribution in [3.63, 3.8) is 0 Å². The second-order valence-electron chi connectivity index (χ2n) is 9.85. The number of nitrogens with zero attached hydrogens (tertiary/aromatic N) is 2. The van der Waals surface area contributed by atoms with E-state index in [1.54, 1.807) is 0 Å². The van der Waals surface area contributed by atoms with Crippen molar-refractivity contribution in [2.45, 2.75) is 39.5 Å². The second-order valence-corrected chi connectivity index (χ2v) is 9.85. The standard InChI is InChI=1S/C31H33BN2O2/c1-3-5-22-33(23-6-4-2)25-20-18-24(19-21-25)32-34-28(26-12-7-9-16-30(26)35-32)14-11-15-29(34)27-13-8-10-17-31(27)36-32/h7-21H,3-6,22-23H2,1-2H3. The maximum atomic E-state index is 6.89. The van der Waals surface area contributed by atoms with Gasteiger partial charge in [-0.15, -0.1) is 0 Å². The molecule has 0 aliphatic carbocycles. The van der Waals surface area contributed by atoms with Gasteiger partial charge in [0.05, 0.1) is 22.6 Å². The van der Waals surface area contributed by atoms with Crippen molar-refractivity contribution >= 4 is 17.8 Å². The van der Waals surface area contributed by atoms with Gasteiger partial charge in [0.25, 0.3) is 0 Å². The number of rotatable bonds is 8. The molecule has 5 heteroatoms. The Balaban J connectivity index is 1.50. The fraction of sp³-hybridized carbons (Fsp3) is 0.258. The summed E-state index contributed by atoms with van der Waals surface area (Å²) >= 11 is 0. The van der Waals surface area contributed by atoms with Crippen LogP contribution in [0.2, 0.25) is 0 Å². The fourth-order valence-electron chi connectivity index (χ4n) is 5.64. The molecule has 6 rings (SSSR count). The predicted octanol–water partition coefficient (Wildman–Crippen LogP) is 6.19. The normalized spacial score (nSPS) is 14.1. The molecule has 0 atom stereocenters. The zero-order chi connectivity index (χ0) is 24.5. The van der Waals surface area contributed by atoms with Gasteiger partial charge in [-0.25, -0.2) is 0 Å². The Labute approximate surface area is 214 Å². The second kappa shape index (κ2) is 9.38. The first-order valence-electron chi connectivity index (χ1n) is 13.4. The van der Waals surface area contributed by atoms with Gasteiger partial charge in [0.15, 0.2) is 11.4 Å². The van der Waals surface area contributed by atoms with E-state index in [0.717, 1.165) is 52.6 Å². The van der Waals surface area contributed by atoms with E-state index in [0.29, 0.717) is 0 Å². The Hall–Kier alpha value is -3.73. The van der Waals surface area contributed by atoms with Crippen molar-refractivity contribution in [2.75, 3.05) is 18.0 Å². The smallest absolute Gasteiger partial charge is 0.618 e. The highest BCUT2D eigenvalue weighted by atomic mass is 16.6. The Kier molecular flexibility index (Phi) is 5.92. The topological polar surface area (TPSA) is 25.6 Å². The van der Waals surface area contributed by atoms with Crippen LogP contribution in [0.25, 0.3) is 22.5 Å². The molecule has 0 saturated heterocycles. The molecule has 0 saturated carbocycles. The molecule has 182 valence electrons. The van der Waals surface area contributed by atoms with Crippen LogP contribution in [0.5, 0.6) is 11.5 Å². The maximum absolute atomic E-state index is 6.89. The van der Waals surface area contributed by atoms with Crippen molar-refractivity contribution in [3.05, 3.63) is 91.0 Å². The molecule has 0 spiro atoms. The van der Waals surface area contributed by atoms with Crippen LogP contribution in [-0.2, 0) is 0 Å². The lowest BCUT2D eigenvalue weighted by molar-refractivity contribution is -0.548. The van der Waals surface area contributed by atoms with Gasteiger partial charge in [-0.1, -0.05) is 63.1 Å². The molecule has 36 heavy (non-hydrogen) atoms. The number of unbranched alkanes of at least 4 members (excludes halogenated alkanes) is 2. The molecular formula is C31H33BN2O2. The van der Waals surface area contributed by atoms with E-state index in [2.05, 4.69) is 90.0 Å². The number of aromatic nitrogens is 1. The summed E-state index contributed by atoms with van der Waals surface area (Å²) in [5.74, 6) is 1.70. The van der Waals surface area contributed by atoms with E-state index in [1.807, 2.05) is 24.3 Å². The third kappa shape index (κ3) is 3.65. The molecule has 0 fully saturated rings. The Bertz CT molecular complexity index is 1310. The lowest BCUT2D eigenvalue weighted by Crippen LogP contribution is -2.83. The fourth-order valence-corrected chi connectivity index (χ4v) is 5.64. The first kappa shape index (κ1) is 22.7. The van der Waals surface area contributed by atoms with Gasteiger partial charge in [-0.05, 0) is 60.8 Å². The molecule has 0 unspecified atom stereocenters. The molecule has 0 bridgehead atoms. The van der Waals surface area contributed by atoms with E-state index in [4.69, 9.17) is 9.31 Å². The van der Waals surface area contributed by atoms with E-state index >= 15 is 0 Å². The summed E-state index contributed by atoms with van der Waals surface area (Å²) in [7, 11) is 0. The molecular weight excluding hydrogens is 443 g/mol. The SMILES string of the molecule is CCCCN(CCCC)c1ccc([B-]23Oc4ccccc4-c4cccc([n+]42)-c2ccccc2O3)cc1. The third-order valence-electron chi connectivity index (χ3n) is 7.51. The Morgan fingerprint density at radius 1 is 0.639 bits per heavy atom. The Morgan fingerprint density at radius 3 is 1.69 bits per heavy atom. The number of fused-ring (bicyclic) bond motifs is 4. The average Bonchev–Trinajstić information content (AvgIpc) is 2.93. The van der Waals surface area contributed by atoms with Gasteiger partial charge in [-0.3, -0.25) is 0 Å². The van der Waals surface area contributed by atoms with Gasteiger partial charge in [0, 0.05) is 30.9 Å². The number of hydrogen-bond acceptors (Lipinski definition) is 3. The number of benzene rings is 3. The van der Waals surface area contributed by atoms with Gasteiger partial charge in [0.2, 0.25) is 0 Å². The molecule has 0 amide bonds. The monoisotopic (exact) mass is 476 g/mol.